The molecule has 0 spiro atoms. The first-order valence-electron chi connectivity index (χ1n) is 10.6. The second kappa shape index (κ2) is 9.80. The number of sulfonamides is 1. The summed E-state index contributed by atoms with van der Waals surface area (Å²) in [5.74, 6) is -1.90. The maximum absolute atomic E-state index is 13.8. The maximum atomic E-state index is 13.8. The molecule has 33 heavy (non-hydrogen) atoms. The van der Waals surface area contributed by atoms with Gasteiger partial charge in [0.15, 0.2) is 4.90 Å². The summed E-state index contributed by atoms with van der Waals surface area (Å²) in [6.45, 7) is 0.680. The lowest BCUT2D eigenvalue weighted by molar-refractivity contribution is -0.132. The van der Waals surface area contributed by atoms with Crippen LogP contribution in [0.25, 0.3) is 10.9 Å². The van der Waals surface area contributed by atoms with Crippen LogP contribution in [0, 0.1) is 11.6 Å². The fourth-order valence-corrected chi connectivity index (χ4v) is 5.00. The molecule has 1 N–H and O–H groups in total. The second-order valence-corrected chi connectivity index (χ2v) is 9.43. The molecule has 7 nitrogen and oxygen atoms in total. The van der Waals surface area contributed by atoms with Gasteiger partial charge in [-0.3, -0.25) is 9.78 Å². The largest absolute Gasteiger partial charge is 0.488 e. The van der Waals surface area contributed by atoms with Gasteiger partial charge >= 0.3 is 0 Å². The number of hydrogen-bond acceptors (Lipinski definition) is 5. The van der Waals surface area contributed by atoms with Crippen LogP contribution in [0.1, 0.15) is 19.3 Å². The number of nitrogens with one attached hydrogen (secondary N) is 1. The molecule has 0 saturated carbocycles. The lowest BCUT2D eigenvalue weighted by Crippen LogP contribution is -2.42. The van der Waals surface area contributed by atoms with Crippen LogP contribution in [0.5, 0.6) is 5.75 Å². The number of amides is 1. The Morgan fingerprint density at radius 3 is 2.45 bits per heavy atom. The zero-order valence-electron chi connectivity index (χ0n) is 17.7. The number of nitrogens with zero attached hydrogens (tertiary/aromatic N) is 2. The topological polar surface area (TPSA) is 88.6 Å². The van der Waals surface area contributed by atoms with Gasteiger partial charge in [0.25, 0.3) is 0 Å². The molecule has 4 rings (SSSR count). The fourth-order valence-electron chi connectivity index (χ4n) is 3.84. The van der Waals surface area contributed by atoms with Gasteiger partial charge in [-0.25, -0.2) is 21.9 Å². The van der Waals surface area contributed by atoms with Gasteiger partial charge in [0.2, 0.25) is 15.9 Å². The molecule has 174 valence electrons. The van der Waals surface area contributed by atoms with Gasteiger partial charge in [-0.2, -0.15) is 0 Å². The van der Waals surface area contributed by atoms with E-state index in [0.717, 1.165) is 29.1 Å². The fraction of sp³-hybridized carbons (Fsp3) is 0.304. The van der Waals surface area contributed by atoms with Crippen molar-refractivity contribution in [1.29, 1.82) is 0 Å². The Balaban J connectivity index is 1.27. The Bertz CT molecular complexity index is 1240. The summed E-state index contributed by atoms with van der Waals surface area (Å²) >= 11 is 0. The molecule has 0 atom stereocenters. The molecule has 1 aromatic heterocycles. The minimum atomic E-state index is -4.41. The van der Waals surface area contributed by atoms with Gasteiger partial charge < -0.3 is 9.64 Å². The summed E-state index contributed by atoms with van der Waals surface area (Å²) < 4.78 is 60.1. The lowest BCUT2D eigenvalue weighted by Gasteiger charge is -2.32. The highest BCUT2D eigenvalue weighted by Crippen LogP contribution is 2.26. The zero-order valence-corrected chi connectivity index (χ0v) is 18.5. The van der Waals surface area contributed by atoms with Crippen molar-refractivity contribution in [2.24, 2.45) is 0 Å². The van der Waals surface area contributed by atoms with Crippen molar-refractivity contribution >= 4 is 26.8 Å². The predicted octanol–water partition coefficient (Wildman–Crippen LogP) is 3.25. The van der Waals surface area contributed by atoms with Gasteiger partial charge in [-0.05, 0) is 24.3 Å². The van der Waals surface area contributed by atoms with E-state index in [-0.39, 0.29) is 25.0 Å². The standard InChI is InChI=1S/C23H23F2N3O4S/c24-18-6-2-7-19(25)23(18)33(30,31)27-13-9-21(29)28-14-10-17(11-15-28)32-20-8-1-4-16-5-3-12-26-22(16)20/h1-8,12,17,27H,9-11,13-15H2. The van der Waals surface area contributed by atoms with Crippen molar-refractivity contribution in [1.82, 2.24) is 14.6 Å². The minimum absolute atomic E-state index is 0.0656. The number of rotatable bonds is 7. The van der Waals surface area contributed by atoms with Gasteiger partial charge in [-0.1, -0.05) is 24.3 Å². The zero-order chi connectivity index (χ0) is 23.4. The lowest BCUT2D eigenvalue weighted by atomic mass is 10.1. The highest BCUT2D eigenvalue weighted by atomic mass is 32.2. The predicted molar refractivity (Wildman–Crippen MR) is 118 cm³/mol. The summed E-state index contributed by atoms with van der Waals surface area (Å²) in [5.41, 5.74) is 0.789. The molecular formula is C23H23F2N3O4S. The number of aromatic nitrogens is 1. The van der Waals surface area contributed by atoms with E-state index >= 15 is 0 Å². The van der Waals surface area contributed by atoms with Crippen LogP contribution < -0.4 is 9.46 Å². The van der Waals surface area contributed by atoms with Crippen molar-refractivity contribution in [2.45, 2.75) is 30.3 Å². The quantitative estimate of drug-likeness (QED) is 0.567. The Morgan fingerprint density at radius 2 is 1.73 bits per heavy atom. The number of hydrogen-bond donors (Lipinski definition) is 1. The van der Waals surface area contributed by atoms with E-state index in [1.807, 2.05) is 30.3 Å². The number of fused-ring (bicyclic) bond motifs is 1. The van der Waals surface area contributed by atoms with E-state index in [1.165, 1.54) is 0 Å². The number of piperidine rings is 1. The third-order valence-corrected chi connectivity index (χ3v) is 7.01. The van der Waals surface area contributed by atoms with E-state index in [9.17, 15) is 22.0 Å². The number of halogens is 2. The molecule has 1 aliphatic rings. The smallest absolute Gasteiger partial charge is 0.246 e. The van der Waals surface area contributed by atoms with E-state index in [1.54, 1.807) is 11.1 Å². The SMILES string of the molecule is O=C(CCNS(=O)(=O)c1c(F)cccc1F)N1CCC(Oc2cccc3cccnc23)CC1. The van der Waals surface area contributed by atoms with Gasteiger partial charge in [0.05, 0.1) is 0 Å². The van der Waals surface area contributed by atoms with E-state index < -0.39 is 26.6 Å². The van der Waals surface area contributed by atoms with Crippen LogP contribution in [0.2, 0.25) is 0 Å². The summed E-state index contributed by atoms with van der Waals surface area (Å²) in [4.78, 5) is 17.5. The van der Waals surface area contributed by atoms with Crippen LogP contribution in [0.4, 0.5) is 8.78 Å². The Morgan fingerprint density at radius 1 is 1.06 bits per heavy atom. The first-order chi connectivity index (χ1) is 15.8. The molecule has 1 fully saturated rings. The molecule has 0 bridgehead atoms. The molecular weight excluding hydrogens is 452 g/mol. The average Bonchev–Trinajstić information content (AvgIpc) is 2.79. The van der Waals surface area contributed by atoms with Gasteiger partial charge in [0, 0.05) is 50.5 Å². The van der Waals surface area contributed by atoms with Crippen LogP contribution in [0.15, 0.2) is 59.6 Å². The van der Waals surface area contributed by atoms with E-state index in [4.69, 9.17) is 4.74 Å². The monoisotopic (exact) mass is 475 g/mol. The van der Waals surface area contributed by atoms with Crippen molar-refractivity contribution in [3.05, 3.63) is 66.4 Å². The molecule has 3 aromatic rings. The molecule has 2 heterocycles. The average molecular weight is 476 g/mol. The number of pyridine rings is 1. The first kappa shape index (κ1) is 23.1. The van der Waals surface area contributed by atoms with Gasteiger partial charge in [0.1, 0.15) is 29.0 Å². The third-order valence-electron chi connectivity index (χ3n) is 5.50. The molecule has 10 heteroatoms. The number of benzene rings is 2. The number of ether oxygens (including phenoxy) is 1. The summed E-state index contributed by atoms with van der Waals surface area (Å²) in [5, 5.41) is 0.986. The maximum Gasteiger partial charge on any atom is 0.246 e. The van der Waals surface area contributed by atoms with Crippen molar-refractivity contribution < 1.29 is 26.7 Å². The number of carbonyl (C=O) groups is 1. The Hall–Kier alpha value is -3.11. The molecule has 0 unspecified atom stereocenters. The van der Waals surface area contributed by atoms with Crippen molar-refractivity contribution in [2.75, 3.05) is 19.6 Å². The molecule has 2 aromatic carbocycles. The summed E-state index contributed by atoms with van der Waals surface area (Å²) in [6.07, 6.45) is 2.78. The molecule has 1 saturated heterocycles. The summed E-state index contributed by atoms with van der Waals surface area (Å²) in [6, 6.07) is 12.4. The van der Waals surface area contributed by atoms with Gasteiger partial charge in [-0.15, -0.1) is 0 Å². The highest BCUT2D eigenvalue weighted by molar-refractivity contribution is 7.89. The molecule has 1 aliphatic heterocycles. The molecule has 0 radical (unpaired) electrons. The van der Waals surface area contributed by atoms with Crippen LogP contribution >= 0.6 is 0 Å². The number of carbonyl (C=O) groups excluding carboxylic acids is 1. The number of para-hydroxylation sites is 1. The third kappa shape index (κ3) is 5.28. The normalized spacial score (nSPS) is 15.0. The van der Waals surface area contributed by atoms with Crippen LogP contribution in [-0.2, 0) is 14.8 Å². The first-order valence-corrected chi connectivity index (χ1v) is 12.1. The van der Waals surface area contributed by atoms with Crippen molar-refractivity contribution in [3.63, 3.8) is 0 Å². The Labute approximate surface area is 190 Å². The summed E-state index contributed by atoms with van der Waals surface area (Å²) in [7, 11) is -4.41. The highest BCUT2D eigenvalue weighted by Gasteiger charge is 2.26. The van der Waals surface area contributed by atoms with Crippen molar-refractivity contribution in [3.8, 4) is 5.75 Å². The molecule has 1 amide bonds. The molecule has 0 aliphatic carbocycles. The number of likely N-dealkylation sites (tertiary alicyclic amines) is 1. The second-order valence-electron chi connectivity index (χ2n) is 7.73. The van der Waals surface area contributed by atoms with E-state index in [0.29, 0.717) is 31.7 Å². The minimum Gasteiger partial charge on any atom is -0.488 e. The van der Waals surface area contributed by atoms with E-state index in [2.05, 4.69) is 9.71 Å². The van der Waals surface area contributed by atoms with Crippen LogP contribution in [0.3, 0.4) is 0 Å². The Kier molecular flexibility index (Phi) is 6.85. The van der Waals surface area contributed by atoms with Crippen LogP contribution in [-0.4, -0.2) is 49.9 Å².